The van der Waals surface area contributed by atoms with Crippen molar-refractivity contribution in [2.24, 2.45) is 0 Å². The molecule has 26 heavy (non-hydrogen) atoms. The van der Waals surface area contributed by atoms with E-state index in [2.05, 4.69) is 15.1 Å². The molecule has 4 nitrogen and oxygen atoms in total. The summed E-state index contributed by atoms with van der Waals surface area (Å²) in [7, 11) is 0. The van der Waals surface area contributed by atoms with Gasteiger partial charge < -0.3 is 4.90 Å². The van der Waals surface area contributed by atoms with Gasteiger partial charge in [0.25, 0.3) is 0 Å². The van der Waals surface area contributed by atoms with Gasteiger partial charge in [-0.05, 0) is 44.0 Å². The van der Waals surface area contributed by atoms with Gasteiger partial charge in [0.15, 0.2) is 5.82 Å². The largest absolute Gasteiger partial charge is 0.305 e. The summed E-state index contributed by atoms with van der Waals surface area (Å²) in [6, 6.07) is 6.26. The number of halogens is 3. The number of aromatic nitrogens is 2. The third kappa shape index (κ3) is 3.12. The lowest BCUT2D eigenvalue weighted by molar-refractivity contribution is 0.0476. The summed E-state index contributed by atoms with van der Waals surface area (Å²) < 4.78 is 43.2. The number of hydrogen-bond acceptors (Lipinski definition) is 4. The summed E-state index contributed by atoms with van der Waals surface area (Å²) in [5, 5.41) is 7.11. The van der Waals surface area contributed by atoms with E-state index in [1.165, 1.54) is 6.20 Å². The monoisotopic (exact) mass is 380 g/mol. The highest BCUT2D eigenvalue weighted by atomic mass is 32.2. The Morgan fingerprint density at radius 1 is 1.19 bits per heavy atom. The number of thioether (sulfide) groups is 1. The minimum atomic E-state index is -3.18. The first kappa shape index (κ1) is 17.5. The number of alkyl halides is 2. The molecule has 3 heterocycles. The summed E-state index contributed by atoms with van der Waals surface area (Å²) in [6.45, 7) is 3.63. The van der Waals surface area contributed by atoms with Crippen LogP contribution in [0.2, 0.25) is 0 Å². The molecule has 0 amide bonds. The molecule has 2 aliphatic rings. The van der Waals surface area contributed by atoms with Crippen molar-refractivity contribution in [3.8, 4) is 0 Å². The number of likely N-dealkylation sites (tertiary alicyclic amines) is 1. The highest BCUT2D eigenvalue weighted by Gasteiger charge is 2.45. The Bertz CT molecular complexity index is 812. The van der Waals surface area contributed by atoms with Gasteiger partial charge in [0, 0.05) is 36.6 Å². The fraction of sp³-hybridized carbons (Fsp3) is 0.389. The average molecular weight is 380 g/mol. The van der Waals surface area contributed by atoms with Crippen LogP contribution in [0.25, 0.3) is 0 Å². The SMILES string of the molecule is Cc1cc(N2C=C(C(F)(F)c3ccc(F)cc3)SC2N2CCCC2)n[nH]1. The van der Waals surface area contributed by atoms with Crippen molar-refractivity contribution in [1.29, 1.82) is 0 Å². The predicted molar refractivity (Wildman–Crippen MR) is 96.4 cm³/mol. The number of aromatic amines is 1. The lowest BCUT2D eigenvalue weighted by Gasteiger charge is -2.30. The van der Waals surface area contributed by atoms with Crippen LogP contribution in [0.5, 0.6) is 0 Å². The number of hydrogen-bond donors (Lipinski definition) is 1. The summed E-state index contributed by atoms with van der Waals surface area (Å²) in [6.07, 6.45) is 3.61. The molecule has 4 rings (SSSR count). The molecule has 2 aliphatic heterocycles. The van der Waals surface area contributed by atoms with Crippen LogP contribution in [0.3, 0.4) is 0 Å². The Hall–Kier alpha value is -1.93. The van der Waals surface area contributed by atoms with Crippen LogP contribution in [-0.2, 0) is 5.92 Å². The van der Waals surface area contributed by atoms with Crippen LogP contribution in [0.1, 0.15) is 24.1 Å². The second-order valence-corrected chi connectivity index (χ2v) is 7.68. The zero-order valence-electron chi connectivity index (χ0n) is 14.3. The summed E-state index contributed by atoms with van der Waals surface area (Å²) in [5.41, 5.74) is 0.414. The van der Waals surface area contributed by atoms with Crippen molar-refractivity contribution in [3.63, 3.8) is 0 Å². The molecule has 1 aromatic heterocycles. The summed E-state index contributed by atoms with van der Waals surface area (Å²) >= 11 is 1.14. The van der Waals surface area contributed by atoms with Crippen molar-refractivity contribution < 1.29 is 13.2 Å². The molecule has 1 N–H and O–H groups in total. The highest BCUT2D eigenvalue weighted by molar-refractivity contribution is 8.04. The summed E-state index contributed by atoms with van der Waals surface area (Å²) in [5.74, 6) is -3.09. The van der Waals surface area contributed by atoms with E-state index in [9.17, 15) is 4.39 Å². The number of anilines is 1. The molecule has 1 unspecified atom stereocenters. The maximum absolute atomic E-state index is 15.1. The van der Waals surface area contributed by atoms with Crippen molar-refractivity contribution >= 4 is 17.6 Å². The van der Waals surface area contributed by atoms with Crippen molar-refractivity contribution in [2.45, 2.75) is 31.2 Å². The number of allylic oxidation sites excluding steroid dienone is 1. The van der Waals surface area contributed by atoms with Crippen molar-refractivity contribution in [3.05, 3.63) is 58.5 Å². The molecule has 0 saturated carbocycles. The Morgan fingerprint density at radius 3 is 2.50 bits per heavy atom. The zero-order valence-corrected chi connectivity index (χ0v) is 15.1. The molecular formula is C18H19F3N4S. The first-order chi connectivity index (χ1) is 12.4. The van der Waals surface area contributed by atoms with E-state index < -0.39 is 11.7 Å². The molecule has 2 aromatic rings. The fourth-order valence-corrected chi connectivity index (χ4v) is 4.59. The maximum Gasteiger partial charge on any atom is 0.305 e. The van der Waals surface area contributed by atoms with Gasteiger partial charge in [-0.2, -0.15) is 13.9 Å². The van der Waals surface area contributed by atoms with Crippen LogP contribution in [-0.4, -0.2) is 33.7 Å². The molecule has 0 aliphatic carbocycles. The molecule has 1 fully saturated rings. The third-order valence-corrected chi connectivity index (χ3v) is 6.00. The van der Waals surface area contributed by atoms with Crippen LogP contribution in [0.4, 0.5) is 19.0 Å². The Kier molecular flexibility index (Phi) is 4.48. The predicted octanol–water partition coefficient (Wildman–Crippen LogP) is 4.42. The van der Waals surface area contributed by atoms with E-state index in [4.69, 9.17) is 0 Å². The lowest BCUT2D eigenvalue weighted by atomic mass is 10.1. The van der Waals surface area contributed by atoms with Crippen LogP contribution < -0.4 is 4.90 Å². The maximum atomic E-state index is 15.1. The average Bonchev–Trinajstić information content (AvgIpc) is 3.34. The Morgan fingerprint density at radius 2 is 1.88 bits per heavy atom. The minimum Gasteiger partial charge on any atom is -0.305 e. The Balaban J connectivity index is 1.68. The van der Waals surface area contributed by atoms with Gasteiger partial charge in [-0.3, -0.25) is 10.00 Å². The second kappa shape index (κ2) is 6.66. The van der Waals surface area contributed by atoms with Gasteiger partial charge in [0.2, 0.25) is 0 Å². The third-order valence-electron chi connectivity index (χ3n) is 4.65. The number of nitrogens with one attached hydrogen (secondary N) is 1. The number of aryl methyl sites for hydroxylation is 1. The van der Waals surface area contributed by atoms with E-state index in [1.54, 1.807) is 4.90 Å². The number of benzene rings is 1. The van der Waals surface area contributed by atoms with Crippen molar-refractivity contribution in [2.75, 3.05) is 18.0 Å². The van der Waals surface area contributed by atoms with E-state index in [0.29, 0.717) is 5.82 Å². The number of H-pyrrole nitrogens is 1. The van der Waals surface area contributed by atoms with Crippen LogP contribution in [0, 0.1) is 12.7 Å². The van der Waals surface area contributed by atoms with Gasteiger partial charge in [0.05, 0.1) is 4.91 Å². The van der Waals surface area contributed by atoms with Gasteiger partial charge in [-0.15, -0.1) is 0 Å². The van der Waals surface area contributed by atoms with Gasteiger partial charge in [0.1, 0.15) is 11.3 Å². The Labute approximate surface area is 154 Å². The van der Waals surface area contributed by atoms with Crippen LogP contribution >= 0.6 is 11.8 Å². The first-order valence-corrected chi connectivity index (χ1v) is 9.40. The molecule has 8 heteroatoms. The normalized spacial score (nSPS) is 21.5. The molecule has 138 valence electrons. The molecular weight excluding hydrogens is 361 g/mol. The number of rotatable bonds is 4. The molecule has 0 spiro atoms. The molecule has 0 bridgehead atoms. The van der Waals surface area contributed by atoms with E-state index >= 15 is 8.78 Å². The highest BCUT2D eigenvalue weighted by Crippen LogP contribution is 2.49. The van der Waals surface area contributed by atoms with Gasteiger partial charge in [-0.1, -0.05) is 11.8 Å². The molecule has 0 radical (unpaired) electrons. The quantitative estimate of drug-likeness (QED) is 0.852. The standard InChI is InChI=1S/C18H19F3N4S/c1-12-10-16(23-22-12)25-11-15(26-17(25)24-8-2-3-9-24)18(20,21)13-4-6-14(19)7-5-13/h4-7,10-11,17H,2-3,8-9H2,1H3,(H,22,23). The molecule has 1 atom stereocenters. The van der Waals surface area contributed by atoms with Gasteiger partial charge in [-0.25, -0.2) is 4.39 Å². The second-order valence-electron chi connectivity index (χ2n) is 6.58. The minimum absolute atomic E-state index is 0.0540. The van der Waals surface area contributed by atoms with E-state index in [0.717, 1.165) is 67.7 Å². The van der Waals surface area contributed by atoms with Gasteiger partial charge >= 0.3 is 5.92 Å². The smallest absolute Gasteiger partial charge is 0.305 e. The number of nitrogens with zero attached hydrogens (tertiary/aromatic N) is 3. The zero-order chi connectivity index (χ0) is 18.3. The summed E-state index contributed by atoms with van der Waals surface area (Å²) in [4.78, 5) is 3.94. The lowest BCUT2D eigenvalue weighted by Crippen LogP contribution is -2.40. The van der Waals surface area contributed by atoms with E-state index in [1.807, 2.05) is 13.0 Å². The molecule has 1 aromatic carbocycles. The van der Waals surface area contributed by atoms with Crippen molar-refractivity contribution in [1.82, 2.24) is 15.1 Å². The topological polar surface area (TPSA) is 35.2 Å². The molecule has 1 saturated heterocycles. The van der Waals surface area contributed by atoms with E-state index in [-0.39, 0.29) is 16.0 Å². The first-order valence-electron chi connectivity index (χ1n) is 8.52. The van der Waals surface area contributed by atoms with Crippen LogP contribution in [0.15, 0.2) is 41.4 Å². The fourth-order valence-electron chi connectivity index (χ4n) is 3.28.